The van der Waals surface area contributed by atoms with Gasteiger partial charge in [-0.15, -0.1) is 0 Å². The molecular formula is C18H29N3O10. The summed E-state index contributed by atoms with van der Waals surface area (Å²) in [5.74, 6) is -4.00. The number of carbonyl (C=O) groups is 4. The van der Waals surface area contributed by atoms with Gasteiger partial charge in [-0.3, -0.25) is 19.3 Å². The number of aliphatic hydroxyl groups is 3. The zero-order valence-electron chi connectivity index (χ0n) is 16.8. The number of hydrogen-bond acceptors (Lipinski definition) is 9. The number of rotatable bonds is 10. The van der Waals surface area contributed by atoms with E-state index >= 15 is 0 Å². The lowest BCUT2D eigenvalue weighted by atomic mass is 9.92. The number of aliphatic carboxylic acids is 2. The standard InChI is InChI=1S/C18H29N3O10/c19-17(28)9-2-1-5-21(9)7-11-15(26)16(27)14(25)10(31-11)6-12(22)20-8(18(29)30)3-4-13(23)24/h8-11,14-16,25-27H,1-7H2,(H2,19,28)(H,20,22)(H,23,24)(H,29,30)/t8-,9+,10?,11?,14?,15?,16?/m0/s1. The minimum absolute atomic E-state index is 0.0348. The van der Waals surface area contributed by atoms with Crippen molar-refractivity contribution in [3.8, 4) is 0 Å². The summed E-state index contributed by atoms with van der Waals surface area (Å²) in [4.78, 5) is 47.4. The fourth-order valence-electron chi connectivity index (χ4n) is 3.91. The van der Waals surface area contributed by atoms with Crippen LogP contribution in [-0.2, 0) is 23.9 Å². The molecule has 0 bridgehead atoms. The summed E-state index contributed by atoms with van der Waals surface area (Å²) < 4.78 is 5.63. The second-order valence-electron chi connectivity index (χ2n) is 7.83. The number of carboxylic acids is 2. The van der Waals surface area contributed by atoms with Crippen LogP contribution in [0.1, 0.15) is 32.1 Å². The van der Waals surface area contributed by atoms with Crippen molar-refractivity contribution in [1.29, 1.82) is 0 Å². The first-order valence-electron chi connectivity index (χ1n) is 9.98. The summed E-state index contributed by atoms with van der Waals surface area (Å²) in [7, 11) is 0. The monoisotopic (exact) mass is 447 g/mol. The van der Waals surface area contributed by atoms with Crippen LogP contribution in [-0.4, -0.2) is 110 Å². The van der Waals surface area contributed by atoms with E-state index in [2.05, 4.69) is 5.32 Å². The highest BCUT2D eigenvalue weighted by Gasteiger charge is 2.46. The Hall–Kier alpha value is -2.32. The molecule has 0 aromatic carbocycles. The first kappa shape index (κ1) is 24.9. The molecule has 5 unspecified atom stereocenters. The van der Waals surface area contributed by atoms with Crippen LogP contribution in [0, 0.1) is 0 Å². The maximum Gasteiger partial charge on any atom is 0.326 e. The zero-order valence-corrected chi connectivity index (χ0v) is 16.8. The second kappa shape index (κ2) is 10.8. The molecule has 0 aromatic heterocycles. The summed E-state index contributed by atoms with van der Waals surface area (Å²) in [6.07, 6.45) is -7.10. The number of likely N-dealkylation sites (tertiary alicyclic amines) is 1. The molecule has 0 aromatic rings. The highest BCUT2D eigenvalue weighted by Crippen LogP contribution is 2.26. The van der Waals surface area contributed by atoms with Gasteiger partial charge in [0, 0.05) is 13.0 Å². The number of primary amides is 1. The Morgan fingerprint density at radius 2 is 1.71 bits per heavy atom. The number of carbonyl (C=O) groups excluding carboxylic acids is 2. The van der Waals surface area contributed by atoms with Gasteiger partial charge in [0.2, 0.25) is 11.8 Å². The van der Waals surface area contributed by atoms with Crippen LogP contribution in [0.15, 0.2) is 0 Å². The van der Waals surface area contributed by atoms with Crippen molar-refractivity contribution in [2.24, 2.45) is 5.73 Å². The van der Waals surface area contributed by atoms with Gasteiger partial charge in [-0.05, 0) is 25.8 Å². The Labute approximate surface area is 177 Å². The lowest BCUT2D eigenvalue weighted by Gasteiger charge is -2.42. The van der Waals surface area contributed by atoms with E-state index in [-0.39, 0.29) is 13.0 Å². The van der Waals surface area contributed by atoms with Crippen molar-refractivity contribution in [3.63, 3.8) is 0 Å². The topological polar surface area (TPSA) is 220 Å². The van der Waals surface area contributed by atoms with Crippen LogP contribution in [0.2, 0.25) is 0 Å². The Morgan fingerprint density at radius 1 is 1.06 bits per heavy atom. The quantitative estimate of drug-likeness (QED) is 0.175. The summed E-state index contributed by atoms with van der Waals surface area (Å²) in [5.41, 5.74) is 5.37. The Kier molecular flexibility index (Phi) is 8.70. The van der Waals surface area contributed by atoms with Gasteiger partial charge in [0.1, 0.15) is 24.4 Å². The molecule has 13 nitrogen and oxygen atoms in total. The maximum absolute atomic E-state index is 12.3. The number of hydrogen-bond donors (Lipinski definition) is 7. The zero-order chi connectivity index (χ0) is 23.3. The van der Waals surface area contributed by atoms with E-state index in [1.54, 1.807) is 4.90 Å². The van der Waals surface area contributed by atoms with Gasteiger partial charge in [-0.2, -0.15) is 0 Å². The van der Waals surface area contributed by atoms with E-state index in [0.29, 0.717) is 19.4 Å². The predicted octanol–water partition coefficient (Wildman–Crippen LogP) is -3.39. The van der Waals surface area contributed by atoms with E-state index < -0.39 is 79.2 Å². The molecule has 31 heavy (non-hydrogen) atoms. The molecule has 2 amide bonds. The molecule has 8 N–H and O–H groups in total. The average molecular weight is 447 g/mol. The number of nitrogens with two attached hydrogens (primary N) is 1. The van der Waals surface area contributed by atoms with Crippen LogP contribution in [0.5, 0.6) is 0 Å². The molecule has 13 heteroatoms. The third-order valence-electron chi connectivity index (χ3n) is 5.58. The van der Waals surface area contributed by atoms with E-state index in [0.717, 1.165) is 0 Å². The van der Waals surface area contributed by atoms with Crippen molar-refractivity contribution < 1.29 is 49.4 Å². The van der Waals surface area contributed by atoms with Crippen molar-refractivity contribution in [2.75, 3.05) is 13.1 Å². The van der Waals surface area contributed by atoms with Gasteiger partial charge in [-0.25, -0.2) is 4.79 Å². The molecule has 176 valence electrons. The number of ether oxygens (including phenoxy) is 1. The molecule has 0 saturated carbocycles. The number of nitrogens with one attached hydrogen (secondary N) is 1. The first-order chi connectivity index (χ1) is 14.5. The number of aliphatic hydroxyl groups excluding tert-OH is 3. The Morgan fingerprint density at radius 3 is 2.29 bits per heavy atom. The Bertz CT molecular complexity index is 689. The summed E-state index contributed by atoms with van der Waals surface area (Å²) in [6, 6.07) is -2.00. The highest BCUT2D eigenvalue weighted by molar-refractivity contribution is 5.84. The molecular weight excluding hydrogens is 418 g/mol. The third-order valence-corrected chi connectivity index (χ3v) is 5.58. The minimum atomic E-state index is -1.63. The average Bonchev–Trinajstić information content (AvgIpc) is 3.15. The summed E-state index contributed by atoms with van der Waals surface area (Å²) in [6.45, 7) is 0.556. The SMILES string of the molecule is NC(=O)[C@H]1CCCN1CC1OC(CC(=O)N[C@@H](CCC(=O)O)C(=O)O)C(O)C(O)C1O. The molecule has 2 saturated heterocycles. The number of carboxylic acid groups (broad SMARTS) is 2. The third kappa shape index (κ3) is 6.58. The van der Waals surface area contributed by atoms with Crippen molar-refractivity contribution in [3.05, 3.63) is 0 Å². The second-order valence-corrected chi connectivity index (χ2v) is 7.83. The fraction of sp³-hybridized carbons (Fsp3) is 0.778. The highest BCUT2D eigenvalue weighted by atomic mass is 16.5. The van der Waals surface area contributed by atoms with E-state index in [1.807, 2.05) is 0 Å². The lowest BCUT2D eigenvalue weighted by Crippen LogP contribution is -2.61. The molecule has 2 heterocycles. The van der Waals surface area contributed by atoms with Crippen LogP contribution in [0.3, 0.4) is 0 Å². The molecule has 2 rings (SSSR count). The van der Waals surface area contributed by atoms with Crippen LogP contribution < -0.4 is 11.1 Å². The molecule has 2 aliphatic rings. The number of amides is 2. The molecule has 0 radical (unpaired) electrons. The first-order valence-corrected chi connectivity index (χ1v) is 9.98. The minimum Gasteiger partial charge on any atom is -0.481 e. The molecule has 7 atom stereocenters. The van der Waals surface area contributed by atoms with E-state index in [9.17, 15) is 34.5 Å². The Balaban J connectivity index is 2.00. The fourth-order valence-corrected chi connectivity index (χ4v) is 3.91. The van der Waals surface area contributed by atoms with E-state index in [1.165, 1.54) is 0 Å². The van der Waals surface area contributed by atoms with E-state index in [4.69, 9.17) is 20.7 Å². The summed E-state index contributed by atoms with van der Waals surface area (Å²) in [5, 5.41) is 50.6. The van der Waals surface area contributed by atoms with Gasteiger partial charge in [0.05, 0.1) is 24.7 Å². The molecule has 2 fully saturated rings. The molecule has 0 aliphatic carbocycles. The molecule has 2 aliphatic heterocycles. The van der Waals surface area contributed by atoms with Crippen LogP contribution in [0.4, 0.5) is 0 Å². The van der Waals surface area contributed by atoms with Gasteiger partial charge >= 0.3 is 11.9 Å². The van der Waals surface area contributed by atoms with Crippen molar-refractivity contribution in [2.45, 2.75) is 74.7 Å². The smallest absolute Gasteiger partial charge is 0.326 e. The predicted molar refractivity (Wildman–Crippen MR) is 102 cm³/mol. The maximum atomic E-state index is 12.3. The normalized spacial score (nSPS) is 32.4. The van der Waals surface area contributed by atoms with Crippen molar-refractivity contribution >= 4 is 23.8 Å². The largest absolute Gasteiger partial charge is 0.481 e. The lowest BCUT2D eigenvalue weighted by molar-refractivity contribution is -0.226. The van der Waals surface area contributed by atoms with Gasteiger partial charge in [0.15, 0.2) is 0 Å². The van der Waals surface area contributed by atoms with Crippen LogP contribution in [0.25, 0.3) is 0 Å². The van der Waals surface area contributed by atoms with Gasteiger partial charge in [0.25, 0.3) is 0 Å². The van der Waals surface area contributed by atoms with Gasteiger partial charge < -0.3 is 41.3 Å². The summed E-state index contributed by atoms with van der Waals surface area (Å²) >= 11 is 0. The van der Waals surface area contributed by atoms with Gasteiger partial charge in [-0.1, -0.05) is 0 Å². The van der Waals surface area contributed by atoms with Crippen LogP contribution >= 0.6 is 0 Å². The number of nitrogens with zero attached hydrogens (tertiary/aromatic N) is 1. The molecule has 0 spiro atoms. The van der Waals surface area contributed by atoms with Crippen molar-refractivity contribution in [1.82, 2.24) is 10.2 Å².